The fourth-order valence-corrected chi connectivity index (χ4v) is 0. The van der Waals surface area contributed by atoms with Crippen LogP contribution in [0.15, 0.2) is 0 Å². The van der Waals surface area contributed by atoms with Crippen LogP contribution >= 0.6 is 0 Å². The SMILES string of the molecule is CC(=O)O.CC(=O)O.CC(=O)O.CC(=O)O.NCCN.[Li].[Li].[Li].[Li]. The molecule has 0 aromatic carbocycles. The first-order valence-corrected chi connectivity index (χ1v) is 5.03. The maximum absolute atomic E-state index is 9.00. The first-order chi connectivity index (χ1) is 8.84. The largest absolute Gasteiger partial charge is 0.481 e. The summed E-state index contributed by atoms with van der Waals surface area (Å²) in [6.07, 6.45) is 0. The van der Waals surface area contributed by atoms with Crippen LogP contribution in [0.2, 0.25) is 0 Å². The van der Waals surface area contributed by atoms with E-state index in [4.69, 9.17) is 51.1 Å². The number of hydrogen-bond donors (Lipinski definition) is 6. The van der Waals surface area contributed by atoms with Crippen molar-refractivity contribution in [2.24, 2.45) is 11.5 Å². The number of carboxylic acid groups (broad SMARTS) is 4. The van der Waals surface area contributed by atoms with Gasteiger partial charge in [-0.15, -0.1) is 0 Å². The molecular formula is C10H24Li4N2O8. The van der Waals surface area contributed by atoms with Gasteiger partial charge in [-0.2, -0.15) is 0 Å². The number of hydrogen-bond acceptors (Lipinski definition) is 6. The van der Waals surface area contributed by atoms with Crippen molar-refractivity contribution in [2.45, 2.75) is 27.7 Å². The normalized spacial score (nSPS) is 5.42. The summed E-state index contributed by atoms with van der Waals surface area (Å²) >= 11 is 0. The molecule has 0 spiro atoms. The molecule has 0 atom stereocenters. The van der Waals surface area contributed by atoms with E-state index in [0.29, 0.717) is 13.1 Å². The van der Waals surface area contributed by atoms with E-state index in [2.05, 4.69) is 0 Å². The van der Waals surface area contributed by atoms with Crippen molar-refractivity contribution in [3.63, 3.8) is 0 Å². The van der Waals surface area contributed by atoms with Crippen molar-refractivity contribution < 1.29 is 39.6 Å². The van der Waals surface area contributed by atoms with Crippen molar-refractivity contribution in [1.82, 2.24) is 0 Å². The molecule has 0 fully saturated rings. The summed E-state index contributed by atoms with van der Waals surface area (Å²) in [5, 5.41) is 29.7. The third-order valence-corrected chi connectivity index (χ3v) is 0.167. The fraction of sp³-hybridized carbons (Fsp3) is 0.600. The Hall–Kier alpha value is 0.190. The van der Waals surface area contributed by atoms with E-state index >= 15 is 0 Å². The van der Waals surface area contributed by atoms with Crippen molar-refractivity contribution in [3.05, 3.63) is 0 Å². The Morgan fingerprint density at radius 3 is 0.583 bits per heavy atom. The molecule has 0 saturated carbocycles. The number of carbonyl (C=O) groups is 4. The number of nitrogens with two attached hydrogens (primary N) is 2. The number of aliphatic carboxylic acids is 4. The summed E-state index contributed by atoms with van der Waals surface area (Å²) in [6, 6.07) is 0. The molecule has 0 amide bonds. The molecule has 24 heavy (non-hydrogen) atoms. The zero-order valence-corrected chi connectivity index (χ0v) is 16.0. The minimum Gasteiger partial charge on any atom is -0.481 e. The molecule has 10 nitrogen and oxygen atoms in total. The van der Waals surface area contributed by atoms with Crippen molar-refractivity contribution in [1.29, 1.82) is 0 Å². The zero-order chi connectivity index (χ0) is 17.7. The van der Waals surface area contributed by atoms with Crippen LogP contribution in [0.5, 0.6) is 0 Å². The summed E-state index contributed by atoms with van der Waals surface area (Å²) in [5.41, 5.74) is 9.81. The van der Waals surface area contributed by atoms with Gasteiger partial charge < -0.3 is 31.9 Å². The van der Waals surface area contributed by atoms with Gasteiger partial charge in [0.1, 0.15) is 0 Å². The molecule has 0 unspecified atom stereocenters. The quantitative estimate of drug-likeness (QED) is 0.285. The van der Waals surface area contributed by atoms with Crippen LogP contribution < -0.4 is 11.5 Å². The monoisotopic (exact) mass is 328 g/mol. The Labute approximate surface area is 190 Å². The van der Waals surface area contributed by atoms with E-state index in [1.165, 1.54) is 0 Å². The summed E-state index contributed by atoms with van der Waals surface area (Å²) < 4.78 is 0. The second kappa shape index (κ2) is 56.7. The average molecular weight is 328 g/mol. The van der Waals surface area contributed by atoms with Crippen LogP contribution in [0.3, 0.4) is 0 Å². The van der Waals surface area contributed by atoms with E-state index in [1.807, 2.05) is 0 Å². The zero-order valence-electron chi connectivity index (χ0n) is 16.0. The summed E-state index contributed by atoms with van der Waals surface area (Å²) in [6.45, 7) is 5.53. The maximum atomic E-state index is 9.00. The van der Waals surface area contributed by atoms with Gasteiger partial charge in [0.25, 0.3) is 23.9 Å². The third kappa shape index (κ3) is 7040. The van der Waals surface area contributed by atoms with Crippen LogP contribution in [0, 0.1) is 0 Å². The predicted octanol–water partition coefficient (Wildman–Crippen LogP) is -2.26. The minimum absolute atomic E-state index is 0. The molecular weight excluding hydrogens is 304 g/mol. The van der Waals surface area contributed by atoms with Crippen LogP contribution in [0.4, 0.5) is 0 Å². The summed E-state index contributed by atoms with van der Waals surface area (Å²) in [5.74, 6) is -3.33. The molecule has 0 aromatic heterocycles. The Balaban J connectivity index is -0.0000000161. The van der Waals surface area contributed by atoms with Gasteiger partial charge in [-0.3, -0.25) is 19.2 Å². The molecule has 0 heterocycles. The molecule has 0 aliphatic carbocycles. The van der Waals surface area contributed by atoms with Gasteiger partial charge in [-0.1, -0.05) is 0 Å². The van der Waals surface area contributed by atoms with E-state index in [1.54, 1.807) is 0 Å². The molecule has 0 saturated heterocycles. The molecule has 4 radical (unpaired) electrons. The summed E-state index contributed by atoms with van der Waals surface area (Å²) in [4.78, 5) is 36.0. The maximum Gasteiger partial charge on any atom is 0.300 e. The van der Waals surface area contributed by atoms with E-state index < -0.39 is 23.9 Å². The molecule has 0 bridgehead atoms. The van der Waals surface area contributed by atoms with Crippen LogP contribution in [0.25, 0.3) is 0 Å². The van der Waals surface area contributed by atoms with Gasteiger partial charge in [-0.05, 0) is 0 Å². The average Bonchev–Trinajstić information content (AvgIpc) is 2.13. The van der Waals surface area contributed by atoms with Crippen molar-refractivity contribution in [2.75, 3.05) is 13.1 Å². The number of carboxylic acids is 4. The Morgan fingerprint density at radius 1 is 0.542 bits per heavy atom. The predicted molar refractivity (Wildman–Crippen MR) is 94.4 cm³/mol. The Morgan fingerprint density at radius 2 is 0.583 bits per heavy atom. The second-order valence-electron chi connectivity index (χ2n) is 2.65. The minimum atomic E-state index is -0.833. The Kier molecular flexibility index (Phi) is 133. The number of rotatable bonds is 1. The third-order valence-electron chi connectivity index (χ3n) is 0.167. The van der Waals surface area contributed by atoms with Crippen molar-refractivity contribution in [3.8, 4) is 0 Å². The Bertz CT molecular complexity index is 205. The van der Waals surface area contributed by atoms with Crippen molar-refractivity contribution >= 4 is 99.3 Å². The summed E-state index contributed by atoms with van der Waals surface area (Å²) in [7, 11) is 0. The first-order valence-electron chi connectivity index (χ1n) is 5.03. The van der Waals surface area contributed by atoms with Gasteiger partial charge in [-0.25, -0.2) is 0 Å². The van der Waals surface area contributed by atoms with Gasteiger partial charge in [0.15, 0.2) is 0 Å². The topological polar surface area (TPSA) is 201 Å². The molecule has 14 heteroatoms. The van der Waals surface area contributed by atoms with E-state index in [-0.39, 0.29) is 75.4 Å². The molecule has 126 valence electrons. The molecule has 0 aliphatic rings. The van der Waals surface area contributed by atoms with Crippen LogP contribution in [-0.2, 0) is 19.2 Å². The standard InChI is InChI=1S/C2H8N2.4C2H4O2.4Li/c3-1-2-4;4*1-2(3)4;;;;/h1-4H2;4*1H3,(H,3,4);;;;. The van der Waals surface area contributed by atoms with Gasteiger partial charge in [0.2, 0.25) is 0 Å². The van der Waals surface area contributed by atoms with Gasteiger partial charge >= 0.3 is 0 Å². The smallest absolute Gasteiger partial charge is 0.300 e. The molecule has 0 rings (SSSR count). The van der Waals surface area contributed by atoms with E-state index in [0.717, 1.165) is 27.7 Å². The second-order valence-corrected chi connectivity index (χ2v) is 2.65. The molecule has 0 aromatic rings. The van der Waals surface area contributed by atoms with E-state index in [9.17, 15) is 0 Å². The van der Waals surface area contributed by atoms with Crippen LogP contribution in [0.1, 0.15) is 27.7 Å². The first kappa shape index (κ1) is 56.4. The van der Waals surface area contributed by atoms with Gasteiger partial charge in [0.05, 0.1) is 0 Å². The fourth-order valence-electron chi connectivity index (χ4n) is 0. The molecule has 8 N–H and O–H groups in total. The molecule has 0 aliphatic heterocycles. The van der Waals surface area contributed by atoms with Crippen LogP contribution in [-0.4, -0.2) is 133 Å². The van der Waals surface area contributed by atoms with Gasteiger partial charge in [0, 0.05) is 116 Å².